The number of ether oxygens (including phenoxy) is 2. The van der Waals surface area contributed by atoms with Crippen molar-refractivity contribution in [3.63, 3.8) is 0 Å². The van der Waals surface area contributed by atoms with Crippen LogP contribution in [0.1, 0.15) is 19.3 Å². The Bertz CT molecular complexity index is 246. The van der Waals surface area contributed by atoms with Crippen LogP contribution in [-0.4, -0.2) is 62.9 Å². The lowest BCUT2D eigenvalue weighted by Gasteiger charge is -2.33. The number of methoxy groups -OCH3 is 1. The quantitative estimate of drug-likeness (QED) is 0.754. The second-order valence-electron chi connectivity index (χ2n) is 4.82. The van der Waals surface area contributed by atoms with E-state index in [0.29, 0.717) is 12.1 Å². The Hall–Kier alpha value is -0.650. The summed E-state index contributed by atoms with van der Waals surface area (Å²) in [7, 11) is 1.56. The number of hydrogen-bond donors (Lipinski definition) is 1. The second kappa shape index (κ2) is 6.33. The lowest BCUT2D eigenvalue weighted by molar-refractivity contribution is -0.136. The molecular weight excluding hydrogens is 220 g/mol. The van der Waals surface area contributed by atoms with Gasteiger partial charge in [0, 0.05) is 38.9 Å². The maximum absolute atomic E-state index is 11.6. The Morgan fingerprint density at radius 3 is 2.71 bits per heavy atom. The molecule has 0 aromatic heterocycles. The van der Waals surface area contributed by atoms with Crippen LogP contribution in [-0.2, 0) is 14.3 Å². The molecule has 2 heterocycles. The number of likely N-dealkylation sites (tertiary alicyclic amines) is 1. The smallest absolute Gasteiger partial charge is 0.248 e. The molecule has 0 saturated carbocycles. The first-order valence-electron chi connectivity index (χ1n) is 6.40. The van der Waals surface area contributed by atoms with Gasteiger partial charge in [0.1, 0.15) is 6.61 Å². The van der Waals surface area contributed by atoms with Gasteiger partial charge in [0.2, 0.25) is 5.91 Å². The Balaban J connectivity index is 1.68. The van der Waals surface area contributed by atoms with Gasteiger partial charge < -0.3 is 19.7 Å². The maximum atomic E-state index is 11.6. The average Bonchev–Trinajstić information content (AvgIpc) is 2.83. The van der Waals surface area contributed by atoms with Crippen LogP contribution in [0.3, 0.4) is 0 Å². The van der Waals surface area contributed by atoms with Gasteiger partial charge in [-0.15, -0.1) is 0 Å². The number of nitrogens with zero attached hydrogens (tertiary/aromatic N) is 1. The molecule has 17 heavy (non-hydrogen) atoms. The Labute approximate surface area is 102 Å². The third-order valence-corrected chi connectivity index (χ3v) is 3.52. The van der Waals surface area contributed by atoms with Crippen molar-refractivity contribution in [3.8, 4) is 0 Å². The van der Waals surface area contributed by atoms with E-state index in [9.17, 15) is 4.79 Å². The summed E-state index contributed by atoms with van der Waals surface area (Å²) in [5, 5.41) is 3.62. The van der Waals surface area contributed by atoms with Gasteiger partial charge in [-0.25, -0.2) is 0 Å². The van der Waals surface area contributed by atoms with Crippen LogP contribution in [0.25, 0.3) is 0 Å². The molecule has 0 aliphatic carbocycles. The van der Waals surface area contributed by atoms with E-state index in [1.54, 1.807) is 7.11 Å². The molecule has 1 atom stereocenters. The van der Waals surface area contributed by atoms with Crippen molar-refractivity contribution >= 4 is 5.91 Å². The molecule has 0 radical (unpaired) electrons. The molecule has 2 saturated heterocycles. The van der Waals surface area contributed by atoms with Gasteiger partial charge >= 0.3 is 0 Å². The van der Waals surface area contributed by atoms with E-state index in [4.69, 9.17) is 9.47 Å². The number of carbonyl (C=O) groups excluding carboxylic acids is 1. The fourth-order valence-electron chi connectivity index (χ4n) is 2.51. The summed E-state index contributed by atoms with van der Waals surface area (Å²) in [5.74, 6) is 0.107. The Kier molecular flexibility index (Phi) is 4.76. The largest absolute Gasteiger partial charge is 0.380 e. The third kappa shape index (κ3) is 3.66. The molecule has 2 fully saturated rings. The monoisotopic (exact) mass is 242 g/mol. The Morgan fingerprint density at radius 2 is 2.12 bits per heavy atom. The third-order valence-electron chi connectivity index (χ3n) is 3.52. The van der Waals surface area contributed by atoms with Gasteiger partial charge in [-0.1, -0.05) is 0 Å². The van der Waals surface area contributed by atoms with E-state index in [-0.39, 0.29) is 12.5 Å². The van der Waals surface area contributed by atoms with Crippen LogP contribution in [0.5, 0.6) is 0 Å². The van der Waals surface area contributed by atoms with Crippen LogP contribution < -0.4 is 5.32 Å². The van der Waals surface area contributed by atoms with Crippen LogP contribution in [0.15, 0.2) is 0 Å². The van der Waals surface area contributed by atoms with Crippen molar-refractivity contribution in [2.45, 2.75) is 31.3 Å². The van der Waals surface area contributed by atoms with Crippen molar-refractivity contribution in [1.82, 2.24) is 10.2 Å². The first-order valence-corrected chi connectivity index (χ1v) is 6.40. The second-order valence-corrected chi connectivity index (χ2v) is 4.82. The number of amides is 1. The van der Waals surface area contributed by atoms with E-state index >= 15 is 0 Å². The zero-order valence-corrected chi connectivity index (χ0v) is 10.5. The highest BCUT2D eigenvalue weighted by atomic mass is 16.5. The normalized spacial score (nSPS) is 26.4. The molecule has 1 N–H and O–H groups in total. The van der Waals surface area contributed by atoms with Crippen molar-refractivity contribution in [2.75, 3.05) is 40.0 Å². The molecule has 1 amide bonds. The lowest BCUT2D eigenvalue weighted by Crippen LogP contribution is -2.48. The molecule has 2 aliphatic heterocycles. The number of rotatable bonds is 4. The summed E-state index contributed by atoms with van der Waals surface area (Å²) < 4.78 is 10.2. The van der Waals surface area contributed by atoms with E-state index in [0.717, 1.165) is 45.6 Å². The number of piperidine rings is 1. The summed E-state index contributed by atoms with van der Waals surface area (Å²) >= 11 is 0. The van der Waals surface area contributed by atoms with E-state index in [2.05, 4.69) is 5.32 Å². The lowest BCUT2D eigenvalue weighted by atomic mass is 10.0. The minimum absolute atomic E-state index is 0.107. The molecule has 2 rings (SSSR count). The molecule has 2 aliphatic rings. The Morgan fingerprint density at radius 1 is 1.35 bits per heavy atom. The highest BCUT2D eigenvalue weighted by molar-refractivity contribution is 5.77. The minimum Gasteiger partial charge on any atom is -0.380 e. The van der Waals surface area contributed by atoms with E-state index in [1.807, 2.05) is 4.90 Å². The summed E-state index contributed by atoms with van der Waals surface area (Å²) in [6, 6.07) is 1.05. The van der Waals surface area contributed by atoms with Crippen molar-refractivity contribution < 1.29 is 14.3 Å². The highest BCUT2D eigenvalue weighted by Gasteiger charge is 2.25. The molecule has 1 unspecified atom stereocenters. The fourth-order valence-corrected chi connectivity index (χ4v) is 2.51. The number of nitrogens with one attached hydrogen (secondary N) is 1. The van der Waals surface area contributed by atoms with Crippen LogP contribution >= 0.6 is 0 Å². The summed E-state index contributed by atoms with van der Waals surface area (Å²) in [6.07, 6.45) is 3.18. The van der Waals surface area contributed by atoms with Crippen molar-refractivity contribution in [2.24, 2.45) is 0 Å². The molecular formula is C12H22N2O3. The van der Waals surface area contributed by atoms with Gasteiger partial charge in [0.25, 0.3) is 0 Å². The first kappa shape index (κ1) is 12.8. The molecule has 0 aromatic rings. The maximum Gasteiger partial charge on any atom is 0.248 e. The molecule has 5 heteroatoms. The summed E-state index contributed by atoms with van der Waals surface area (Å²) in [4.78, 5) is 13.5. The molecule has 0 spiro atoms. The molecule has 98 valence electrons. The zero-order valence-electron chi connectivity index (χ0n) is 10.5. The SMILES string of the molecule is COCC(=O)N1CCC(NC2CCOC2)CC1. The van der Waals surface area contributed by atoms with Gasteiger partial charge in [-0.3, -0.25) is 4.79 Å². The summed E-state index contributed by atoms with van der Waals surface area (Å²) in [6.45, 7) is 3.60. The van der Waals surface area contributed by atoms with Gasteiger partial charge in [-0.05, 0) is 19.3 Å². The topological polar surface area (TPSA) is 50.8 Å². The highest BCUT2D eigenvalue weighted by Crippen LogP contribution is 2.13. The van der Waals surface area contributed by atoms with Gasteiger partial charge in [-0.2, -0.15) is 0 Å². The van der Waals surface area contributed by atoms with Crippen molar-refractivity contribution in [1.29, 1.82) is 0 Å². The van der Waals surface area contributed by atoms with E-state index in [1.165, 1.54) is 0 Å². The fraction of sp³-hybridized carbons (Fsp3) is 0.917. The zero-order chi connectivity index (χ0) is 12.1. The molecule has 0 aromatic carbocycles. The minimum atomic E-state index is 0.107. The van der Waals surface area contributed by atoms with Crippen molar-refractivity contribution in [3.05, 3.63) is 0 Å². The van der Waals surface area contributed by atoms with Gasteiger partial charge in [0.15, 0.2) is 0 Å². The average molecular weight is 242 g/mol. The summed E-state index contributed by atoms with van der Waals surface area (Å²) in [5.41, 5.74) is 0. The predicted molar refractivity (Wildman–Crippen MR) is 63.8 cm³/mol. The molecule has 0 bridgehead atoms. The molecule has 5 nitrogen and oxygen atoms in total. The number of carbonyl (C=O) groups is 1. The standard InChI is InChI=1S/C12H22N2O3/c1-16-9-12(15)14-5-2-10(3-6-14)13-11-4-7-17-8-11/h10-11,13H,2-9H2,1H3. The predicted octanol–water partition coefficient (Wildman–Crippen LogP) is 0.00230. The van der Waals surface area contributed by atoms with E-state index < -0.39 is 0 Å². The van der Waals surface area contributed by atoms with Crippen LogP contribution in [0.2, 0.25) is 0 Å². The number of hydrogen-bond acceptors (Lipinski definition) is 4. The van der Waals surface area contributed by atoms with Crippen LogP contribution in [0, 0.1) is 0 Å². The first-order chi connectivity index (χ1) is 8.29. The van der Waals surface area contributed by atoms with Gasteiger partial charge in [0.05, 0.1) is 6.61 Å². The van der Waals surface area contributed by atoms with Crippen LogP contribution in [0.4, 0.5) is 0 Å².